The van der Waals surface area contributed by atoms with Crippen LogP contribution in [0.5, 0.6) is 0 Å². The molecule has 2 aromatic heterocycles. The van der Waals surface area contributed by atoms with Crippen LogP contribution in [0.4, 0.5) is 15.3 Å². The molecule has 0 saturated heterocycles. The van der Waals surface area contributed by atoms with Crippen LogP contribution < -0.4 is 4.90 Å². The molecule has 0 spiro atoms. The van der Waals surface area contributed by atoms with Crippen LogP contribution in [0.15, 0.2) is 10.6 Å². The molecule has 0 aliphatic carbocycles. The van der Waals surface area contributed by atoms with Gasteiger partial charge in [0.2, 0.25) is 0 Å². The molecular formula is C17H21BrClN3O5. The van der Waals surface area contributed by atoms with Crippen LogP contribution in [0.2, 0.25) is 5.15 Å². The van der Waals surface area contributed by atoms with E-state index in [9.17, 15) is 9.59 Å². The van der Waals surface area contributed by atoms with Crippen LogP contribution in [0.1, 0.15) is 47.3 Å². The molecule has 0 atom stereocenters. The molecule has 2 amide bonds. The summed E-state index contributed by atoms with van der Waals surface area (Å²) in [5.74, 6) is 0.405. The van der Waals surface area contributed by atoms with Crippen LogP contribution in [-0.2, 0) is 14.8 Å². The minimum absolute atomic E-state index is 0.0556. The van der Waals surface area contributed by atoms with E-state index in [0.717, 1.165) is 4.90 Å². The summed E-state index contributed by atoms with van der Waals surface area (Å²) in [5, 5.41) is 4.31. The van der Waals surface area contributed by atoms with Gasteiger partial charge < -0.3 is 14.0 Å². The van der Waals surface area contributed by atoms with E-state index in [-0.39, 0.29) is 16.4 Å². The summed E-state index contributed by atoms with van der Waals surface area (Å²) in [6.07, 6.45) is -1.85. The minimum Gasteiger partial charge on any atom is -0.443 e. The number of aromatic nitrogens is 2. The van der Waals surface area contributed by atoms with E-state index < -0.39 is 23.4 Å². The molecule has 0 unspecified atom stereocenters. The maximum absolute atomic E-state index is 12.8. The van der Waals surface area contributed by atoms with E-state index in [2.05, 4.69) is 26.1 Å². The molecule has 2 rings (SSSR count). The number of halogens is 2. The Bertz CT molecular complexity index is 842. The number of pyridine rings is 1. The second-order valence-corrected chi connectivity index (χ2v) is 8.64. The normalized spacial score (nSPS) is 12.1. The van der Waals surface area contributed by atoms with Crippen molar-refractivity contribution in [1.29, 1.82) is 0 Å². The zero-order chi connectivity index (χ0) is 20.6. The van der Waals surface area contributed by atoms with Crippen molar-refractivity contribution in [3.8, 4) is 0 Å². The highest BCUT2D eigenvalue weighted by Gasteiger charge is 2.35. The first kappa shape index (κ1) is 21.4. The van der Waals surface area contributed by atoms with Crippen molar-refractivity contribution < 1.29 is 23.6 Å². The highest BCUT2D eigenvalue weighted by atomic mass is 79.9. The average molecular weight is 463 g/mol. The zero-order valence-corrected chi connectivity index (χ0v) is 18.3. The third-order valence-corrected chi connectivity index (χ3v) is 3.67. The summed E-state index contributed by atoms with van der Waals surface area (Å²) in [6.45, 7) is 10.1. The molecule has 0 aliphatic rings. The summed E-state index contributed by atoms with van der Waals surface area (Å²) >= 11 is 9.37. The first-order valence-corrected chi connectivity index (χ1v) is 9.59. The molecule has 0 aliphatic heterocycles. The number of carbonyl (C=O) groups excluding carboxylic acids is 2. The van der Waals surface area contributed by atoms with Crippen LogP contribution in [0.3, 0.4) is 0 Å². The smallest absolute Gasteiger partial charge is 0.424 e. The lowest BCUT2D eigenvalue weighted by molar-refractivity contribution is 0.0431. The summed E-state index contributed by atoms with van der Waals surface area (Å²) in [4.78, 5) is 30.5. The van der Waals surface area contributed by atoms with Gasteiger partial charge in [-0.2, -0.15) is 4.90 Å². The highest BCUT2D eigenvalue weighted by Crippen LogP contribution is 2.32. The lowest BCUT2D eigenvalue weighted by Gasteiger charge is -2.28. The van der Waals surface area contributed by atoms with Crippen LogP contribution in [-0.4, -0.2) is 33.5 Å². The predicted octanol–water partition coefficient (Wildman–Crippen LogP) is 5.45. The summed E-state index contributed by atoms with van der Waals surface area (Å²) in [6, 6.07) is 1.33. The van der Waals surface area contributed by atoms with Crippen molar-refractivity contribution in [2.75, 3.05) is 4.90 Å². The standard InChI is InChI=1S/C17H21BrClN3O5/c1-16(2,3)25-14(23)22(15(24)26-17(4,5)6)9-7-11(19)20-13-10(8-18)27-21-12(9)13/h7H,8H2,1-6H3. The number of rotatable bonds is 2. The van der Waals surface area contributed by atoms with Crippen molar-refractivity contribution >= 4 is 56.4 Å². The van der Waals surface area contributed by atoms with Gasteiger partial charge in [0.25, 0.3) is 0 Å². The van der Waals surface area contributed by atoms with Gasteiger partial charge >= 0.3 is 12.2 Å². The maximum atomic E-state index is 12.8. The highest BCUT2D eigenvalue weighted by molar-refractivity contribution is 9.08. The fraction of sp³-hybridized carbons (Fsp3) is 0.529. The van der Waals surface area contributed by atoms with Crippen LogP contribution >= 0.6 is 27.5 Å². The molecule has 10 heteroatoms. The van der Waals surface area contributed by atoms with Gasteiger partial charge in [0.05, 0.1) is 11.0 Å². The average Bonchev–Trinajstić information content (AvgIpc) is 2.86. The number of hydrogen-bond acceptors (Lipinski definition) is 7. The van der Waals surface area contributed by atoms with Gasteiger partial charge in [0, 0.05) is 6.07 Å². The molecule has 2 heterocycles. The molecule has 8 nitrogen and oxygen atoms in total. The van der Waals surface area contributed by atoms with Gasteiger partial charge in [0.15, 0.2) is 11.3 Å². The first-order valence-electron chi connectivity index (χ1n) is 8.09. The van der Waals surface area contributed by atoms with Crippen LogP contribution in [0.25, 0.3) is 11.0 Å². The van der Waals surface area contributed by atoms with E-state index in [1.54, 1.807) is 41.5 Å². The molecule has 0 radical (unpaired) electrons. The Labute approximate surface area is 170 Å². The lowest BCUT2D eigenvalue weighted by atomic mass is 10.2. The van der Waals surface area contributed by atoms with E-state index in [1.165, 1.54) is 6.07 Å². The van der Waals surface area contributed by atoms with Crippen LogP contribution in [0, 0.1) is 0 Å². The number of carbonyl (C=O) groups is 2. The fourth-order valence-electron chi connectivity index (χ4n) is 2.07. The number of imide groups is 1. The Morgan fingerprint density at radius 2 is 1.63 bits per heavy atom. The second kappa shape index (κ2) is 7.63. The predicted molar refractivity (Wildman–Crippen MR) is 104 cm³/mol. The fourth-order valence-corrected chi connectivity index (χ4v) is 2.62. The Kier molecular flexibility index (Phi) is 6.06. The minimum atomic E-state index is -0.927. The van der Waals surface area contributed by atoms with Gasteiger partial charge in [-0.3, -0.25) is 0 Å². The second-order valence-electron chi connectivity index (χ2n) is 7.70. The molecule has 27 heavy (non-hydrogen) atoms. The molecule has 0 saturated carbocycles. The molecule has 148 valence electrons. The monoisotopic (exact) mass is 461 g/mol. The van der Waals surface area contributed by atoms with Gasteiger partial charge in [-0.25, -0.2) is 14.6 Å². The molecular weight excluding hydrogens is 442 g/mol. The van der Waals surface area contributed by atoms with Crippen molar-refractivity contribution in [2.45, 2.75) is 58.1 Å². The quantitative estimate of drug-likeness (QED) is 0.432. The van der Waals surface area contributed by atoms with Crippen molar-refractivity contribution in [3.63, 3.8) is 0 Å². The third kappa shape index (κ3) is 5.32. The summed E-state index contributed by atoms with van der Waals surface area (Å²) in [5.41, 5.74) is -1.10. The summed E-state index contributed by atoms with van der Waals surface area (Å²) < 4.78 is 16.0. The zero-order valence-electron chi connectivity index (χ0n) is 15.9. The van der Waals surface area contributed by atoms with Gasteiger partial charge in [-0.05, 0) is 41.5 Å². The molecule has 0 fully saturated rings. The number of anilines is 1. The van der Waals surface area contributed by atoms with Gasteiger partial charge in [0.1, 0.15) is 21.9 Å². The van der Waals surface area contributed by atoms with Gasteiger partial charge in [-0.15, -0.1) is 0 Å². The summed E-state index contributed by atoms with van der Waals surface area (Å²) in [7, 11) is 0. The van der Waals surface area contributed by atoms with Gasteiger partial charge in [-0.1, -0.05) is 32.7 Å². The Hall–Kier alpha value is -1.87. The largest absolute Gasteiger partial charge is 0.443 e. The van der Waals surface area contributed by atoms with Crippen molar-refractivity contribution in [1.82, 2.24) is 10.1 Å². The van der Waals surface area contributed by atoms with Crippen molar-refractivity contribution in [3.05, 3.63) is 17.0 Å². The number of ether oxygens (including phenoxy) is 2. The molecule has 0 N–H and O–H groups in total. The van der Waals surface area contributed by atoms with E-state index >= 15 is 0 Å². The number of amides is 2. The number of nitrogens with zero attached hydrogens (tertiary/aromatic N) is 3. The van der Waals surface area contributed by atoms with E-state index in [0.29, 0.717) is 16.6 Å². The lowest BCUT2D eigenvalue weighted by Crippen LogP contribution is -2.44. The van der Waals surface area contributed by atoms with E-state index in [4.69, 9.17) is 25.6 Å². The SMILES string of the molecule is CC(C)(C)OC(=O)N(C(=O)OC(C)(C)C)c1cc(Cl)nc2c(CBr)onc12. The Balaban J connectivity index is 2.63. The third-order valence-electron chi connectivity index (χ3n) is 2.97. The molecule has 0 bridgehead atoms. The topological polar surface area (TPSA) is 94.8 Å². The van der Waals surface area contributed by atoms with Crippen molar-refractivity contribution in [2.24, 2.45) is 0 Å². The Morgan fingerprint density at radius 1 is 1.11 bits per heavy atom. The maximum Gasteiger partial charge on any atom is 0.424 e. The molecule has 2 aromatic rings. The number of fused-ring (bicyclic) bond motifs is 1. The Morgan fingerprint density at radius 3 is 2.07 bits per heavy atom. The molecule has 0 aromatic carbocycles. The van der Waals surface area contributed by atoms with E-state index in [1.807, 2.05) is 0 Å². The number of hydrogen-bond donors (Lipinski definition) is 0. The first-order chi connectivity index (χ1) is 12.3. The number of alkyl halides is 1.